The average molecular weight is 388 g/mol. The lowest BCUT2D eigenvalue weighted by Crippen LogP contribution is -2.20. The molecule has 10 nitrogen and oxygen atoms in total. The van der Waals surface area contributed by atoms with Crippen molar-refractivity contribution in [2.75, 3.05) is 13.2 Å². The largest absolute Gasteiger partial charge is 0.493 e. The Kier molecular flexibility index (Phi) is 6.85. The molecule has 0 saturated carbocycles. The van der Waals surface area contributed by atoms with Gasteiger partial charge in [-0.15, -0.1) is 0 Å². The predicted molar refractivity (Wildman–Crippen MR) is 99.3 cm³/mol. The molecular weight excluding hydrogens is 368 g/mol. The molecular formula is C18H20N4O6. The summed E-state index contributed by atoms with van der Waals surface area (Å²) in [5.74, 6) is -2.16. The Hall–Kier alpha value is -3.69. The number of esters is 2. The molecule has 0 saturated heterocycles. The van der Waals surface area contributed by atoms with Gasteiger partial charge in [0.1, 0.15) is 0 Å². The van der Waals surface area contributed by atoms with E-state index in [0.29, 0.717) is 5.57 Å². The number of ether oxygens (including phenoxy) is 2. The van der Waals surface area contributed by atoms with Gasteiger partial charge in [-0.1, -0.05) is 17.7 Å². The molecule has 148 valence electrons. The molecule has 0 aromatic carbocycles. The van der Waals surface area contributed by atoms with Crippen molar-refractivity contribution in [1.29, 1.82) is 0 Å². The van der Waals surface area contributed by atoms with Crippen LogP contribution < -0.4 is 5.43 Å². The molecule has 0 unspecified atom stereocenters. The van der Waals surface area contributed by atoms with Crippen LogP contribution in [0.5, 0.6) is 5.88 Å². The number of rotatable bonds is 7. The van der Waals surface area contributed by atoms with Crippen LogP contribution in [0.15, 0.2) is 34.5 Å². The number of amides is 1. The Labute approximate surface area is 160 Å². The predicted octanol–water partition coefficient (Wildman–Crippen LogP) is 1.23. The van der Waals surface area contributed by atoms with Gasteiger partial charge in [-0.3, -0.25) is 4.79 Å². The van der Waals surface area contributed by atoms with Gasteiger partial charge in [0, 0.05) is 0 Å². The Morgan fingerprint density at radius 3 is 2.54 bits per heavy atom. The summed E-state index contributed by atoms with van der Waals surface area (Å²) in [7, 11) is 0. The Balaban J connectivity index is 2.21. The first-order valence-electron chi connectivity index (χ1n) is 8.45. The second-order valence-electron chi connectivity index (χ2n) is 5.50. The molecule has 1 amide bonds. The molecule has 0 atom stereocenters. The van der Waals surface area contributed by atoms with Gasteiger partial charge in [-0.25, -0.2) is 20.1 Å². The van der Waals surface area contributed by atoms with E-state index in [1.54, 1.807) is 32.9 Å². The van der Waals surface area contributed by atoms with E-state index in [4.69, 9.17) is 9.47 Å². The molecule has 0 radical (unpaired) electrons. The van der Waals surface area contributed by atoms with Gasteiger partial charge in [0.25, 0.3) is 5.91 Å². The number of aromatic amines is 1. The summed E-state index contributed by atoms with van der Waals surface area (Å²) in [5, 5.41) is 19.5. The minimum Gasteiger partial charge on any atom is -0.493 e. The number of aromatic nitrogens is 2. The van der Waals surface area contributed by atoms with Crippen molar-refractivity contribution >= 4 is 29.6 Å². The lowest BCUT2D eigenvalue weighted by atomic mass is 10.1. The number of hydrogen-bond acceptors (Lipinski definition) is 8. The Morgan fingerprint density at radius 1 is 1.18 bits per heavy atom. The van der Waals surface area contributed by atoms with E-state index in [-0.39, 0.29) is 41.6 Å². The molecule has 1 aromatic rings. The molecule has 0 aliphatic carbocycles. The molecule has 0 fully saturated rings. The number of nitrogens with one attached hydrogen (secondary N) is 2. The summed E-state index contributed by atoms with van der Waals surface area (Å²) in [6.07, 6.45) is 6.08. The number of hydrazone groups is 1. The second kappa shape index (κ2) is 9.31. The van der Waals surface area contributed by atoms with E-state index in [9.17, 15) is 19.5 Å². The van der Waals surface area contributed by atoms with Crippen LogP contribution in [0.25, 0.3) is 6.08 Å². The Bertz CT molecular complexity index is 907. The first-order chi connectivity index (χ1) is 13.4. The van der Waals surface area contributed by atoms with Crippen molar-refractivity contribution < 1.29 is 29.0 Å². The zero-order chi connectivity index (χ0) is 20.7. The quantitative estimate of drug-likeness (QED) is 0.362. The minimum atomic E-state index is -0.698. The van der Waals surface area contributed by atoms with Crippen molar-refractivity contribution in [2.24, 2.45) is 5.10 Å². The van der Waals surface area contributed by atoms with E-state index in [1.165, 1.54) is 12.2 Å². The molecule has 2 rings (SSSR count). The van der Waals surface area contributed by atoms with Crippen molar-refractivity contribution in [3.05, 3.63) is 40.6 Å². The van der Waals surface area contributed by atoms with Crippen LogP contribution in [0.3, 0.4) is 0 Å². The van der Waals surface area contributed by atoms with Gasteiger partial charge in [0.05, 0.1) is 24.4 Å². The number of nitrogens with zero attached hydrogens (tertiary/aromatic N) is 2. The van der Waals surface area contributed by atoms with Crippen LogP contribution in [0.1, 0.15) is 36.8 Å². The smallest absolute Gasteiger partial charge is 0.359 e. The van der Waals surface area contributed by atoms with Gasteiger partial charge >= 0.3 is 11.9 Å². The molecule has 1 aliphatic heterocycles. The molecule has 2 heterocycles. The summed E-state index contributed by atoms with van der Waals surface area (Å²) in [4.78, 5) is 35.5. The van der Waals surface area contributed by atoms with Gasteiger partial charge in [-0.05, 0) is 32.9 Å². The monoisotopic (exact) mass is 388 g/mol. The van der Waals surface area contributed by atoms with E-state index in [0.717, 1.165) is 0 Å². The average Bonchev–Trinajstić information content (AvgIpc) is 3.21. The molecule has 0 spiro atoms. The van der Waals surface area contributed by atoms with Crippen LogP contribution in [0.2, 0.25) is 0 Å². The number of aromatic hydroxyl groups is 1. The molecule has 1 aliphatic rings. The summed E-state index contributed by atoms with van der Waals surface area (Å²) in [6, 6.07) is 0. The summed E-state index contributed by atoms with van der Waals surface area (Å²) in [5.41, 5.74) is 2.97. The SMILES string of the molecule is CCOC(=O)C1=NNC(=O)C1=CC=C(C)C=Cc1c(C(=O)OCC)n[nH]c1O. The Morgan fingerprint density at radius 2 is 1.86 bits per heavy atom. The molecule has 1 aromatic heterocycles. The normalized spacial score (nSPS) is 15.7. The number of carbonyl (C=O) groups excluding carboxylic acids is 3. The van der Waals surface area contributed by atoms with E-state index in [2.05, 4.69) is 20.7 Å². The van der Waals surface area contributed by atoms with Crippen LogP contribution in [0.4, 0.5) is 0 Å². The van der Waals surface area contributed by atoms with Gasteiger partial charge in [-0.2, -0.15) is 10.2 Å². The van der Waals surface area contributed by atoms with Crippen molar-refractivity contribution in [1.82, 2.24) is 15.6 Å². The molecule has 10 heteroatoms. The maximum absolute atomic E-state index is 11.8. The van der Waals surface area contributed by atoms with Gasteiger partial charge < -0.3 is 14.6 Å². The van der Waals surface area contributed by atoms with Crippen LogP contribution in [0, 0.1) is 0 Å². The number of allylic oxidation sites excluding steroid dienone is 4. The van der Waals surface area contributed by atoms with Gasteiger partial charge in [0.2, 0.25) is 5.88 Å². The third-order valence-electron chi connectivity index (χ3n) is 3.52. The first kappa shape index (κ1) is 20.6. The van der Waals surface area contributed by atoms with E-state index in [1.807, 2.05) is 0 Å². The zero-order valence-electron chi connectivity index (χ0n) is 15.6. The third kappa shape index (κ3) is 4.72. The standard InChI is InChI=1S/C18H20N4O6/c1-4-27-17(25)13-11(15(23)21-19-13)8-6-10(3)7-9-12-14(18(26)28-5-2)20-22-16(12)24/h6-9H,4-5H2,1-3H3,(H,21,23)(H2,20,22,24). The topological polar surface area (TPSA) is 143 Å². The highest BCUT2D eigenvalue weighted by molar-refractivity contribution is 6.51. The van der Waals surface area contributed by atoms with Gasteiger partial charge in [0.15, 0.2) is 11.4 Å². The second-order valence-corrected chi connectivity index (χ2v) is 5.50. The lowest BCUT2D eigenvalue weighted by Gasteiger charge is -2.00. The lowest BCUT2D eigenvalue weighted by molar-refractivity contribution is -0.135. The van der Waals surface area contributed by atoms with Crippen molar-refractivity contribution in [3.8, 4) is 5.88 Å². The highest BCUT2D eigenvalue weighted by atomic mass is 16.5. The third-order valence-corrected chi connectivity index (χ3v) is 3.52. The number of hydrogen-bond donors (Lipinski definition) is 3. The fourth-order valence-corrected chi connectivity index (χ4v) is 2.18. The highest BCUT2D eigenvalue weighted by Gasteiger charge is 2.28. The van der Waals surface area contributed by atoms with Crippen molar-refractivity contribution in [2.45, 2.75) is 20.8 Å². The first-order valence-corrected chi connectivity index (χ1v) is 8.45. The zero-order valence-corrected chi connectivity index (χ0v) is 15.6. The van der Waals surface area contributed by atoms with Crippen molar-refractivity contribution in [3.63, 3.8) is 0 Å². The van der Waals surface area contributed by atoms with E-state index >= 15 is 0 Å². The fraction of sp³-hybridized carbons (Fsp3) is 0.278. The molecule has 28 heavy (non-hydrogen) atoms. The molecule has 3 N–H and O–H groups in total. The minimum absolute atomic E-state index is 0.0475. The molecule has 0 bridgehead atoms. The maximum atomic E-state index is 11.8. The van der Waals surface area contributed by atoms with Crippen LogP contribution in [-0.2, 0) is 19.1 Å². The van der Waals surface area contributed by atoms with E-state index < -0.39 is 17.8 Å². The fourth-order valence-electron chi connectivity index (χ4n) is 2.18. The van der Waals surface area contributed by atoms with Crippen LogP contribution >= 0.6 is 0 Å². The maximum Gasteiger partial charge on any atom is 0.359 e. The summed E-state index contributed by atoms with van der Waals surface area (Å²) in [6.45, 7) is 5.37. The summed E-state index contributed by atoms with van der Waals surface area (Å²) < 4.78 is 9.73. The number of H-pyrrole nitrogens is 1. The summed E-state index contributed by atoms with van der Waals surface area (Å²) >= 11 is 0. The number of carbonyl (C=O) groups is 3. The van der Waals surface area contributed by atoms with Crippen LogP contribution in [-0.4, -0.2) is 52.1 Å². The highest BCUT2D eigenvalue weighted by Crippen LogP contribution is 2.21.